The predicted molar refractivity (Wildman–Crippen MR) is 77.4 cm³/mol. The maximum atomic E-state index is 13.2. The molecule has 0 aliphatic rings. The van der Waals surface area contributed by atoms with Crippen LogP contribution in [0, 0.1) is 11.6 Å². The van der Waals surface area contributed by atoms with Crippen molar-refractivity contribution in [1.29, 1.82) is 0 Å². The van der Waals surface area contributed by atoms with Crippen molar-refractivity contribution < 1.29 is 18.7 Å². The van der Waals surface area contributed by atoms with Crippen molar-refractivity contribution in [3.63, 3.8) is 0 Å². The minimum atomic E-state index is -1.06. The fourth-order valence-corrected chi connectivity index (χ4v) is 2.11. The largest absolute Gasteiger partial charge is 0.480 e. The minimum Gasteiger partial charge on any atom is -0.480 e. The second-order valence-electron chi connectivity index (χ2n) is 4.60. The van der Waals surface area contributed by atoms with Crippen molar-refractivity contribution in [2.75, 3.05) is 0 Å². The van der Waals surface area contributed by atoms with Gasteiger partial charge in [-0.1, -0.05) is 16.8 Å². The van der Waals surface area contributed by atoms with Gasteiger partial charge in [-0.3, -0.25) is 4.79 Å². The molecule has 0 saturated heterocycles. The van der Waals surface area contributed by atoms with E-state index in [2.05, 4.69) is 20.3 Å². The lowest BCUT2D eigenvalue weighted by Crippen LogP contribution is -2.08. The number of halogens is 3. The first-order valence-electron chi connectivity index (χ1n) is 6.26. The molecular weight excluding hydrogens is 332 g/mol. The average molecular weight is 340 g/mol. The lowest BCUT2D eigenvalue weighted by molar-refractivity contribution is -0.137. The molecule has 2 aromatic heterocycles. The molecule has 1 aromatic carbocycles. The number of nitrogens with zero attached hydrogens (tertiary/aromatic N) is 4. The molecule has 0 radical (unpaired) electrons. The highest BCUT2D eigenvalue weighted by Crippen LogP contribution is 2.23. The van der Waals surface area contributed by atoms with Crippen molar-refractivity contribution in [3.05, 3.63) is 41.5 Å². The number of carboxylic acid groups (broad SMARTS) is 1. The number of hydrogen-bond acceptors (Lipinski definition) is 4. The van der Waals surface area contributed by atoms with Gasteiger partial charge in [-0.15, -0.1) is 5.10 Å². The zero-order valence-electron chi connectivity index (χ0n) is 11.3. The summed E-state index contributed by atoms with van der Waals surface area (Å²) in [6.45, 7) is -0.332. The first-order valence-corrected chi connectivity index (χ1v) is 6.64. The molecule has 0 spiro atoms. The maximum Gasteiger partial charge on any atom is 0.325 e. The number of carboxylic acids is 1. The molecule has 10 heteroatoms. The second kappa shape index (κ2) is 5.76. The van der Waals surface area contributed by atoms with Crippen LogP contribution in [-0.4, -0.2) is 36.0 Å². The van der Waals surface area contributed by atoms with E-state index in [1.165, 1.54) is 12.3 Å². The van der Waals surface area contributed by atoms with Crippen LogP contribution in [0.2, 0.25) is 0 Å². The molecule has 2 N–H and O–H groups in total. The lowest BCUT2D eigenvalue weighted by atomic mass is 10.3. The number of aliphatic carboxylic acids is 1. The smallest absolute Gasteiger partial charge is 0.325 e. The zero-order chi connectivity index (χ0) is 16.6. The normalized spacial score (nSPS) is 12.0. The summed E-state index contributed by atoms with van der Waals surface area (Å²) in [5.74, 6) is -2.87. The van der Waals surface area contributed by atoms with Crippen LogP contribution in [0.1, 0.15) is 11.5 Å². The van der Waals surface area contributed by atoms with Crippen LogP contribution < -0.4 is 0 Å². The molecule has 3 rings (SSSR count). The van der Waals surface area contributed by atoms with E-state index < -0.39 is 17.6 Å². The van der Waals surface area contributed by atoms with E-state index in [-0.39, 0.29) is 22.9 Å². The summed E-state index contributed by atoms with van der Waals surface area (Å²) in [6.07, 6.45) is 2.79. The summed E-state index contributed by atoms with van der Waals surface area (Å²) in [4.78, 5) is 17.4. The summed E-state index contributed by atoms with van der Waals surface area (Å²) in [7, 11) is 0. The molecule has 0 aliphatic carbocycles. The number of nitrogens with one attached hydrogen (secondary N) is 1. The van der Waals surface area contributed by atoms with Crippen LogP contribution in [0.25, 0.3) is 22.1 Å². The van der Waals surface area contributed by atoms with Crippen LogP contribution in [-0.2, 0) is 11.3 Å². The molecule has 0 amide bonds. The van der Waals surface area contributed by atoms with Gasteiger partial charge in [-0.2, -0.15) is 0 Å². The van der Waals surface area contributed by atoms with Gasteiger partial charge in [0, 0.05) is 12.1 Å². The number of H-pyrrole nitrogens is 1. The number of rotatable bonds is 4. The molecule has 2 heterocycles. The Morgan fingerprint density at radius 1 is 1.39 bits per heavy atom. The van der Waals surface area contributed by atoms with Crippen molar-refractivity contribution in [3.8, 4) is 0 Å². The number of imidazole rings is 1. The van der Waals surface area contributed by atoms with Gasteiger partial charge in [0.05, 0.1) is 22.3 Å². The van der Waals surface area contributed by atoms with Crippen LogP contribution >= 0.6 is 11.6 Å². The maximum absolute atomic E-state index is 13.2. The molecule has 0 saturated carbocycles. The number of aromatic amines is 1. The quantitative estimate of drug-likeness (QED) is 0.760. The molecule has 0 aliphatic heterocycles. The molecule has 0 atom stereocenters. The lowest BCUT2D eigenvalue weighted by Gasteiger charge is -1.92. The van der Waals surface area contributed by atoms with E-state index in [9.17, 15) is 13.6 Å². The van der Waals surface area contributed by atoms with Crippen LogP contribution in [0.15, 0.2) is 18.3 Å². The Hall–Kier alpha value is -2.81. The standard InChI is InChI=1S/C13H8ClF2N5O2/c14-7(1-6-4-21(20-19-6)5-12(22)23)13-17-10-2-8(15)9(16)3-11(10)18-13/h1-4H,5H2,(H,17,18)(H,22,23)/b7-1-. The first-order chi connectivity index (χ1) is 10.9. The second-order valence-corrected chi connectivity index (χ2v) is 5.00. The van der Waals surface area contributed by atoms with Gasteiger partial charge in [-0.05, 0) is 6.08 Å². The highest BCUT2D eigenvalue weighted by molar-refractivity contribution is 6.50. The third kappa shape index (κ3) is 3.19. The van der Waals surface area contributed by atoms with Gasteiger partial charge in [-0.25, -0.2) is 18.4 Å². The molecule has 0 unspecified atom stereocenters. The fourth-order valence-electron chi connectivity index (χ4n) is 1.91. The number of carbonyl (C=O) groups is 1. The van der Waals surface area contributed by atoms with Gasteiger partial charge in [0.15, 0.2) is 11.6 Å². The minimum absolute atomic E-state index is 0.129. The van der Waals surface area contributed by atoms with Crippen LogP contribution in [0.5, 0.6) is 0 Å². The van der Waals surface area contributed by atoms with E-state index in [0.717, 1.165) is 16.8 Å². The monoisotopic (exact) mass is 339 g/mol. The van der Waals surface area contributed by atoms with Crippen molar-refractivity contribution in [2.24, 2.45) is 0 Å². The van der Waals surface area contributed by atoms with E-state index in [1.807, 2.05) is 0 Å². The molecular formula is C13H8ClF2N5O2. The zero-order valence-corrected chi connectivity index (χ0v) is 12.1. The Bertz CT molecular complexity index is 895. The van der Waals surface area contributed by atoms with E-state index in [0.29, 0.717) is 11.2 Å². The summed E-state index contributed by atoms with van der Waals surface area (Å²) >= 11 is 6.09. The van der Waals surface area contributed by atoms with Gasteiger partial charge < -0.3 is 10.1 Å². The summed E-state index contributed by atoms with van der Waals surface area (Å²) < 4.78 is 27.5. The highest BCUT2D eigenvalue weighted by Gasteiger charge is 2.11. The molecule has 23 heavy (non-hydrogen) atoms. The van der Waals surface area contributed by atoms with Crippen molar-refractivity contribution in [2.45, 2.75) is 6.54 Å². The molecule has 118 valence electrons. The average Bonchev–Trinajstić information content (AvgIpc) is 3.05. The van der Waals surface area contributed by atoms with Gasteiger partial charge in [0.2, 0.25) is 0 Å². The van der Waals surface area contributed by atoms with Crippen molar-refractivity contribution >= 4 is 39.7 Å². The van der Waals surface area contributed by atoms with E-state index in [4.69, 9.17) is 16.7 Å². The van der Waals surface area contributed by atoms with Gasteiger partial charge in [0.25, 0.3) is 0 Å². The van der Waals surface area contributed by atoms with Crippen molar-refractivity contribution in [1.82, 2.24) is 25.0 Å². The summed E-state index contributed by atoms with van der Waals surface area (Å²) in [6, 6.07) is 1.94. The fraction of sp³-hybridized carbons (Fsp3) is 0.0769. The Kier molecular flexibility index (Phi) is 3.78. The Labute approximate surface area is 132 Å². The number of aromatic nitrogens is 5. The van der Waals surface area contributed by atoms with Gasteiger partial charge >= 0.3 is 5.97 Å². The molecule has 7 nitrogen and oxygen atoms in total. The third-order valence-electron chi connectivity index (χ3n) is 2.88. The third-order valence-corrected chi connectivity index (χ3v) is 3.17. The highest BCUT2D eigenvalue weighted by atomic mass is 35.5. The van der Waals surface area contributed by atoms with Gasteiger partial charge in [0.1, 0.15) is 18.1 Å². The number of hydrogen-bond donors (Lipinski definition) is 2. The Morgan fingerprint density at radius 3 is 2.87 bits per heavy atom. The van der Waals surface area contributed by atoms with E-state index in [1.54, 1.807) is 0 Å². The van der Waals surface area contributed by atoms with Crippen LogP contribution in [0.4, 0.5) is 8.78 Å². The Morgan fingerprint density at radius 2 is 2.13 bits per heavy atom. The van der Waals surface area contributed by atoms with Crippen LogP contribution in [0.3, 0.4) is 0 Å². The Balaban J connectivity index is 1.91. The molecule has 3 aromatic rings. The topological polar surface area (TPSA) is 96.7 Å². The number of benzene rings is 1. The first kappa shape index (κ1) is 15.1. The molecule has 0 bridgehead atoms. The summed E-state index contributed by atoms with van der Waals surface area (Å²) in [5, 5.41) is 16.2. The SMILES string of the molecule is O=C(O)Cn1cc(/C=C(\Cl)c2nc3cc(F)c(F)cc3[nH]2)nn1. The van der Waals surface area contributed by atoms with E-state index >= 15 is 0 Å². The molecule has 0 fully saturated rings. The summed E-state index contributed by atoms with van der Waals surface area (Å²) in [5.41, 5.74) is 0.828. The number of fused-ring (bicyclic) bond motifs is 1. The predicted octanol–water partition coefficient (Wildman–Crippen LogP) is 2.25.